The summed E-state index contributed by atoms with van der Waals surface area (Å²) in [6.45, 7) is 6.30. The zero-order valence-electron chi connectivity index (χ0n) is 8.24. The lowest BCUT2D eigenvalue weighted by Crippen LogP contribution is -2.30. The van der Waals surface area contributed by atoms with Gasteiger partial charge in [-0.2, -0.15) is 0 Å². The van der Waals surface area contributed by atoms with Crippen molar-refractivity contribution in [3.8, 4) is 0 Å². The van der Waals surface area contributed by atoms with E-state index < -0.39 is 6.10 Å². The van der Waals surface area contributed by atoms with Gasteiger partial charge in [0, 0.05) is 23.0 Å². The van der Waals surface area contributed by atoms with Gasteiger partial charge in [-0.05, 0) is 6.92 Å². The summed E-state index contributed by atoms with van der Waals surface area (Å²) >= 11 is 1.52. The topological polar surface area (TPSA) is 59.1 Å². The van der Waals surface area contributed by atoms with Crippen LogP contribution in [0.4, 0.5) is 0 Å². The fraction of sp³-hybridized carbons (Fsp3) is 0.667. The molecule has 1 unspecified atom stereocenters. The Hall–Kier alpha value is -0.450. The number of aryl methyl sites for hydroxylation is 1. The summed E-state index contributed by atoms with van der Waals surface area (Å²) in [5.41, 5.74) is 5.27. The van der Waals surface area contributed by atoms with Gasteiger partial charge >= 0.3 is 0 Å². The summed E-state index contributed by atoms with van der Waals surface area (Å²) in [4.78, 5) is 5.26. The van der Waals surface area contributed by atoms with E-state index in [0.29, 0.717) is 6.54 Å². The molecule has 1 heterocycles. The van der Waals surface area contributed by atoms with E-state index in [-0.39, 0.29) is 5.41 Å². The molecule has 3 N–H and O–H groups in total. The number of aromatic nitrogens is 1. The summed E-state index contributed by atoms with van der Waals surface area (Å²) in [6, 6.07) is 0. The third kappa shape index (κ3) is 2.27. The van der Waals surface area contributed by atoms with E-state index in [9.17, 15) is 5.11 Å². The van der Waals surface area contributed by atoms with Gasteiger partial charge in [-0.1, -0.05) is 13.8 Å². The Bertz CT molecular complexity index is 283. The first-order valence-corrected chi connectivity index (χ1v) is 5.09. The van der Waals surface area contributed by atoms with Gasteiger partial charge in [-0.25, -0.2) is 4.98 Å². The Morgan fingerprint density at radius 2 is 2.31 bits per heavy atom. The van der Waals surface area contributed by atoms with Crippen molar-refractivity contribution in [1.82, 2.24) is 4.98 Å². The SMILES string of the molecule is Cc1cnc(C(O)C(C)(C)CN)s1. The van der Waals surface area contributed by atoms with Crippen LogP contribution in [0.3, 0.4) is 0 Å². The van der Waals surface area contributed by atoms with Crippen LogP contribution in [0.25, 0.3) is 0 Å². The number of aliphatic hydroxyl groups is 1. The minimum absolute atomic E-state index is 0.301. The van der Waals surface area contributed by atoms with E-state index >= 15 is 0 Å². The van der Waals surface area contributed by atoms with Crippen molar-refractivity contribution in [2.24, 2.45) is 11.1 Å². The fourth-order valence-corrected chi connectivity index (χ4v) is 1.92. The van der Waals surface area contributed by atoms with Gasteiger partial charge in [-0.15, -0.1) is 11.3 Å². The van der Waals surface area contributed by atoms with Crippen molar-refractivity contribution < 1.29 is 5.11 Å². The van der Waals surface area contributed by atoms with Crippen molar-refractivity contribution in [2.75, 3.05) is 6.54 Å². The van der Waals surface area contributed by atoms with Crippen molar-refractivity contribution in [3.63, 3.8) is 0 Å². The molecule has 0 fully saturated rings. The van der Waals surface area contributed by atoms with Crippen LogP contribution < -0.4 is 5.73 Å². The molecule has 4 heteroatoms. The number of nitrogens with zero attached hydrogens (tertiary/aromatic N) is 1. The molecule has 1 aromatic heterocycles. The molecule has 1 atom stereocenters. The second-order valence-electron chi connectivity index (χ2n) is 3.90. The van der Waals surface area contributed by atoms with Crippen LogP contribution in [0.15, 0.2) is 6.20 Å². The molecule has 74 valence electrons. The van der Waals surface area contributed by atoms with Gasteiger partial charge < -0.3 is 10.8 Å². The molecule has 0 aromatic carbocycles. The number of thiazole rings is 1. The average molecular weight is 200 g/mol. The molecule has 0 aliphatic heterocycles. The first-order chi connectivity index (χ1) is 5.97. The molecule has 0 bridgehead atoms. The van der Waals surface area contributed by atoms with Crippen LogP contribution in [0, 0.1) is 12.3 Å². The number of aliphatic hydroxyl groups excluding tert-OH is 1. The standard InChI is InChI=1S/C9H16N2OS/c1-6-4-11-8(13-6)7(12)9(2,3)5-10/h4,7,12H,5,10H2,1-3H3. The van der Waals surface area contributed by atoms with Crippen molar-refractivity contribution >= 4 is 11.3 Å². The van der Waals surface area contributed by atoms with Gasteiger partial charge in [0.05, 0.1) is 0 Å². The highest BCUT2D eigenvalue weighted by Gasteiger charge is 2.29. The molecular weight excluding hydrogens is 184 g/mol. The maximum absolute atomic E-state index is 9.93. The van der Waals surface area contributed by atoms with Crippen LogP contribution >= 0.6 is 11.3 Å². The highest BCUT2D eigenvalue weighted by Crippen LogP contribution is 2.33. The highest BCUT2D eigenvalue weighted by atomic mass is 32.1. The summed E-state index contributed by atoms with van der Waals surface area (Å²) in [5.74, 6) is 0. The molecule has 13 heavy (non-hydrogen) atoms. The molecular formula is C9H16N2OS. The number of hydrogen-bond acceptors (Lipinski definition) is 4. The van der Waals surface area contributed by atoms with E-state index in [1.165, 1.54) is 11.3 Å². The normalized spacial score (nSPS) is 14.5. The lowest BCUT2D eigenvalue weighted by Gasteiger charge is -2.27. The monoisotopic (exact) mass is 200 g/mol. The summed E-state index contributed by atoms with van der Waals surface area (Å²) < 4.78 is 0. The van der Waals surface area contributed by atoms with Crippen LogP contribution in [0.2, 0.25) is 0 Å². The van der Waals surface area contributed by atoms with Gasteiger partial charge in [0.25, 0.3) is 0 Å². The molecule has 0 saturated heterocycles. The molecule has 0 aliphatic carbocycles. The van der Waals surface area contributed by atoms with E-state index in [4.69, 9.17) is 5.73 Å². The quantitative estimate of drug-likeness (QED) is 0.776. The maximum Gasteiger partial charge on any atom is 0.122 e. The van der Waals surface area contributed by atoms with Gasteiger partial charge in [-0.3, -0.25) is 0 Å². The van der Waals surface area contributed by atoms with Crippen LogP contribution in [-0.4, -0.2) is 16.6 Å². The highest BCUT2D eigenvalue weighted by molar-refractivity contribution is 7.11. The number of hydrogen-bond donors (Lipinski definition) is 2. The largest absolute Gasteiger partial charge is 0.385 e. The Kier molecular flexibility index (Phi) is 3.05. The third-order valence-corrected chi connectivity index (χ3v) is 3.10. The zero-order chi connectivity index (χ0) is 10.1. The smallest absolute Gasteiger partial charge is 0.122 e. The predicted octanol–water partition coefficient (Wildman–Crippen LogP) is 1.47. The second-order valence-corrected chi connectivity index (χ2v) is 5.17. The molecule has 0 aliphatic rings. The Morgan fingerprint density at radius 3 is 2.69 bits per heavy atom. The van der Waals surface area contributed by atoms with Crippen molar-refractivity contribution in [3.05, 3.63) is 16.1 Å². The molecule has 0 radical (unpaired) electrons. The van der Waals surface area contributed by atoms with Crippen LogP contribution in [0.1, 0.15) is 29.8 Å². The molecule has 0 saturated carbocycles. The first-order valence-electron chi connectivity index (χ1n) is 4.28. The molecule has 0 amide bonds. The number of nitrogens with two attached hydrogens (primary N) is 1. The van der Waals surface area contributed by atoms with E-state index in [2.05, 4.69) is 4.98 Å². The summed E-state index contributed by atoms with van der Waals surface area (Å²) in [6.07, 6.45) is 1.21. The summed E-state index contributed by atoms with van der Waals surface area (Å²) in [7, 11) is 0. The van der Waals surface area contributed by atoms with E-state index in [0.717, 1.165) is 9.88 Å². The maximum atomic E-state index is 9.93. The first kappa shape index (κ1) is 10.6. The average Bonchev–Trinajstić information content (AvgIpc) is 2.50. The van der Waals surface area contributed by atoms with Gasteiger partial charge in [0.1, 0.15) is 11.1 Å². The molecule has 1 rings (SSSR count). The number of rotatable bonds is 3. The third-order valence-electron chi connectivity index (χ3n) is 2.14. The Labute approximate surface area is 82.6 Å². The van der Waals surface area contributed by atoms with Crippen molar-refractivity contribution in [1.29, 1.82) is 0 Å². The van der Waals surface area contributed by atoms with Gasteiger partial charge in [0.2, 0.25) is 0 Å². The zero-order valence-corrected chi connectivity index (χ0v) is 9.06. The lowest BCUT2D eigenvalue weighted by molar-refractivity contribution is 0.0553. The second kappa shape index (κ2) is 3.74. The summed E-state index contributed by atoms with van der Waals surface area (Å²) in [5, 5.41) is 10.7. The van der Waals surface area contributed by atoms with E-state index in [1.807, 2.05) is 20.8 Å². The van der Waals surface area contributed by atoms with E-state index in [1.54, 1.807) is 6.20 Å². The minimum atomic E-state index is -0.559. The van der Waals surface area contributed by atoms with Gasteiger partial charge in [0.15, 0.2) is 0 Å². The Balaban J connectivity index is 2.84. The minimum Gasteiger partial charge on any atom is -0.385 e. The van der Waals surface area contributed by atoms with Crippen molar-refractivity contribution in [2.45, 2.75) is 26.9 Å². The molecule has 3 nitrogen and oxygen atoms in total. The predicted molar refractivity (Wildman–Crippen MR) is 54.6 cm³/mol. The van der Waals surface area contributed by atoms with Crippen LogP contribution in [0.5, 0.6) is 0 Å². The fourth-order valence-electron chi connectivity index (χ4n) is 0.944. The Morgan fingerprint density at radius 1 is 1.69 bits per heavy atom. The molecule has 0 spiro atoms. The molecule has 1 aromatic rings. The van der Waals surface area contributed by atoms with Crippen LogP contribution in [-0.2, 0) is 0 Å². The lowest BCUT2D eigenvalue weighted by atomic mass is 9.87.